The van der Waals surface area contributed by atoms with Gasteiger partial charge in [-0.25, -0.2) is 0 Å². The minimum absolute atomic E-state index is 0.334. The molecule has 0 aliphatic carbocycles. The SMILES string of the molecule is CCN(C)C(CN)c1csc2ccccc12. The third-order valence-electron chi connectivity index (χ3n) is 3.12. The van der Waals surface area contributed by atoms with Gasteiger partial charge in [-0.05, 0) is 36.0 Å². The van der Waals surface area contributed by atoms with Crippen molar-refractivity contribution in [2.75, 3.05) is 20.1 Å². The van der Waals surface area contributed by atoms with Crippen LogP contribution in [-0.4, -0.2) is 25.0 Å². The van der Waals surface area contributed by atoms with Gasteiger partial charge in [0, 0.05) is 17.3 Å². The van der Waals surface area contributed by atoms with Crippen molar-refractivity contribution < 1.29 is 0 Å². The topological polar surface area (TPSA) is 29.3 Å². The second kappa shape index (κ2) is 4.95. The van der Waals surface area contributed by atoms with Gasteiger partial charge in [-0.15, -0.1) is 11.3 Å². The number of hydrogen-bond acceptors (Lipinski definition) is 3. The summed E-state index contributed by atoms with van der Waals surface area (Å²) in [4.78, 5) is 2.30. The van der Waals surface area contributed by atoms with E-state index in [1.54, 1.807) is 11.3 Å². The van der Waals surface area contributed by atoms with Gasteiger partial charge in [0.2, 0.25) is 0 Å². The maximum Gasteiger partial charge on any atom is 0.0481 e. The van der Waals surface area contributed by atoms with Gasteiger partial charge < -0.3 is 5.73 Å². The largest absolute Gasteiger partial charge is 0.329 e. The number of nitrogens with zero attached hydrogens (tertiary/aromatic N) is 1. The van der Waals surface area contributed by atoms with Crippen molar-refractivity contribution in [3.8, 4) is 0 Å². The van der Waals surface area contributed by atoms with Crippen LogP contribution < -0.4 is 5.73 Å². The molecule has 2 aromatic rings. The molecule has 2 rings (SSSR count). The first-order valence-corrected chi connectivity index (χ1v) is 6.52. The lowest BCUT2D eigenvalue weighted by atomic mass is 10.0. The fourth-order valence-corrected chi connectivity index (χ4v) is 3.03. The molecule has 1 unspecified atom stereocenters. The van der Waals surface area contributed by atoms with Crippen molar-refractivity contribution in [2.24, 2.45) is 5.73 Å². The summed E-state index contributed by atoms with van der Waals surface area (Å²) in [6, 6.07) is 8.87. The van der Waals surface area contributed by atoms with Crippen LogP contribution in [-0.2, 0) is 0 Å². The van der Waals surface area contributed by atoms with E-state index in [-0.39, 0.29) is 0 Å². The monoisotopic (exact) mass is 234 g/mol. The Kier molecular flexibility index (Phi) is 3.59. The number of likely N-dealkylation sites (N-methyl/N-ethyl adjacent to an activating group) is 1. The molecule has 0 spiro atoms. The van der Waals surface area contributed by atoms with Crippen LogP contribution in [0, 0.1) is 0 Å². The summed E-state index contributed by atoms with van der Waals surface area (Å²) in [5.74, 6) is 0. The van der Waals surface area contributed by atoms with E-state index in [1.165, 1.54) is 15.6 Å². The number of fused-ring (bicyclic) bond motifs is 1. The Balaban J connectivity index is 2.45. The fourth-order valence-electron chi connectivity index (χ4n) is 2.02. The maximum atomic E-state index is 5.89. The normalized spacial score (nSPS) is 13.5. The van der Waals surface area contributed by atoms with Crippen LogP contribution >= 0.6 is 11.3 Å². The predicted molar refractivity (Wildman–Crippen MR) is 71.9 cm³/mol. The second-order valence-corrected chi connectivity index (χ2v) is 4.92. The Hall–Kier alpha value is -0.900. The van der Waals surface area contributed by atoms with Gasteiger partial charge in [-0.1, -0.05) is 25.1 Å². The molecule has 0 bridgehead atoms. The highest BCUT2D eigenvalue weighted by Crippen LogP contribution is 2.31. The summed E-state index contributed by atoms with van der Waals surface area (Å²) in [5.41, 5.74) is 7.26. The number of thiophene rings is 1. The van der Waals surface area contributed by atoms with Crippen molar-refractivity contribution in [3.05, 3.63) is 35.2 Å². The first-order chi connectivity index (χ1) is 7.77. The zero-order chi connectivity index (χ0) is 11.5. The number of benzene rings is 1. The van der Waals surface area contributed by atoms with Gasteiger partial charge in [0.05, 0.1) is 0 Å². The van der Waals surface area contributed by atoms with Crippen LogP contribution in [0.1, 0.15) is 18.5 Å². The first-order valence-electron chi connectivity index (χ1n) is 5.64. The zero-order valence-electron chi connectivity index (χ0n) is 9.81. The fraction of sp³-hybridized carbons (Fsp3) is 0.385. The summed E-state index contributed by atoms with van der Waals surface area (Å²) in [6.07, 6.45) is 0. The van der Waals surface area contributed by atoms with Crippen LogP contribution in [0.2, 0.25) is 0 Å². The van der Waals surface area contributed by atoms with E-state index in [0.717, 1.165) is 6.54 Å². The molecule has 0 aliphatic heterocycles. The Morgan fingerprint density at radius 3 is 2.81 bits per heavy atom. The highest BCUT2D eigenvalue weighted by molar-refractivity contribution is 7.17. The highest BCUT2D eigenvalue weighted by Gasteiger charge is 2.17. The highest BCUT2D eigenvalue weighted by atomic mass is 32.1. The van der Waals surface area contributed by atoms with Gasteiger partial charge in [0.1, 0.15) is 0 Å². The number of hydrogen-bond donors (Lipinski definition) is 1. The minimum Gasteiger partial charge on any atom is -0.329 e. The molecule has 1 aromatic heterocycles. The molecule has 0 amide bonds. The van der Waals surface area contributed by atoms with Gasteiger partial charge >= 0.3 is 0 Å². The molecule has 0 saturated carbocycles. The Labute approximate surface area is 101 Å². The van der Waals surface area contributed by atoms with Crippen LogP contribution in [0.4, 0.5) is 0 Å². The van der Waals surface area contributed by atoms with Crippen LogP contribution in [0.3, 0.4) is 0 Å². The average molecular weight is 234 g/mol. The molecule has 1 atom stereocenters. The summed E-state index contributed by atoms with van der Waals surface area (Å²) in [5, 5.41) is 3.59. The van der Waals surface area contributed by atoms with Crippen molar-refractivity contribution in [3.63, 3.8) is 0 Å². The van der Waals surface area contributed by atoms with E-state index >= 15 is 0 Å². The molecule has 16 heavy (non-hydrogen) atoms. The molecule has 2 nitrogen and oxygen atoms in total. The van der Waals surface area contributed by atoms with Gasteiger partial charge in [0.15, 0.2) is 0 Å². The molecule has 3 heteroatoms. The quantitative estimate of drug-likeness (QED) is 0.881. The van der Waals surface area contributed by atoms with Crippen molar-refractivity contribution in [1.82, 2.24) is 4.90 Å². The molecule has 0 radical (unpaired) electrons. The Morgan fingerprint density at radius 1 is 1.38 bits per heavy atom. The zero-order valence-corrected chi connectivity index (χ0v) is 10.6. The predicted octanol–water partition coefficient (Wildman–Crippen LogP) is 2.85. The van der Waals surface area contributed by atoms with E-state index in [2.05, 4.69) is 48.5 Å². The van der Waals surface area contributed by atoms with Gasteiger partial charge in [-0.2, -0.15) is 0 Å². The first kappa shape index (κ1) is 11.6. The average Bonchev–Trinajstić information content (AvgIpc) is 2.74. The van der Waals surface area contributed by atoms with E-state index in [4.69, 9.17) is 5.73 Å². The van der Waals surface area contributed by atoms with E-state index in [9.17, 15) is 0 Å². The van der Waals surface area contributed by atoms with Crippen molar-refractivity contribution in [1.29, 1.82) is 0 Å². The number of nitrogens with two attached hydrogens (primary N) is 1. The van der Waals surface area contributed by atoms with Crippen LogP contribution in [0.25, 0.3) is 10.1 Å². The molecule has 86 valence electrons. The van der Waals surface area contributed by atoms with Crippen molar-refractivity contribution in [2.45, 2.75) is 13.0 Å². The molecule has 1 heterocycles. The molecular formula is C13H18N2S. The molecule has 0 aliphatic rings. The summed E-state index contributed by atoms with van der Waals surface area (Å²) in [6.45, 7) is 3.86. The lowest BCUT2D eigenvalue weighted by Crippen LogP contribution is -2.30. The van der Waals surface area contributed by atoms with Crippen LogP contribution in [0.15, 0.2) is 29.6 Å². The standard InChI is InChI=1S/C13H18N2S/c1-3-15(2)12(8-14)11-9-16-13-7-5-4-6-10(11)13/h4-7,9,12H,3,8,14H2,1-2H3. The molecule has 1 aromatic carbocycles. The number of rotatable bonds is 4. The van der Waals surface area contributed by atoms with E-state index < -0.39 is 0 Å². The summed E-state index contributed by atoms with van der Waals surface area (Å²) >= 11 is 1.80. The summed E-state index contributed by atoms with van der Waals surface area (Å²) in [7, 11) is 2.13. The molecule has 0 fully saturated rings. The lowest BCUT2D eigenvalue weighted by Gasteiger charge is -2.25. The van der Waals surface area contributed by atoms with Crippen molar-refractivity contribution >= 4 is 21.4 Å². The van der Waals surface area contributed by atoms with E-state index in [1.807, 2.05) is 0 Å². The summed E-state index contributed by atoms with van der Waals surface area (Å²) < 4.78 is 1.35. The van der Waals surface area contributed by atoms with Gasteiger partial charge in [0.25, 0.3) is 0 Å². The minimum atomic E-state index is 0.334. The third-order valence-corrected chi connectivity index (χ3v) is 4.11. The van der Waals surface area contributed by atoms with E-state index in [0.29, 0.717) is 12.6 Å². The molecule has 0 saturated heterocycles. The Bertz CT molecular complexity index is 464. The Morgan fingerprint density at radius 2 is 2.12 bits per heavy atom. The third kappa shape index (κ3) is 1.98. The second-order valence-electron chi connectivity index (χ2n) is 4.01. The van der Waals surface area contributed by atoms with Gasteiger partial charge in [-0.3, -0.25) is 4.90 Å². The lowest BCUT2D eigenvalue weighted by molar-refractivity contribution is 0.265. The smallest absolute Gasteiger partial charge is 0.0481 e. The maximum absolute atomic E-state index is 5.89. The van der Waals surface area contributed by atoms with Crippen LogP contribution in [0.5, 0.6) is 0 Å². The molecule has 2 N–H and O–H groups in total. The molecular weight excluding hydrogens is 216 g/mol.